The molecule has 7 nitrogen and oxygen atoms in total. The zero-order valence-corrected chi connectivity index (χ0v) is 18.0. The molecule has 4 rings (SSSR count). The normalized spacial score (nSPS) is 13.8. The summed E-state index contributed by atoms with van der Waals surface area (Å²) < 4.78 is 19.1. The molecule has 0 spiro atoms. The van der Waals surface area contributed by atoms with E-state index in [1.165, 1.54) is 17.4 Å². The summed E-state index contributed by atoms with van der Waals surface area (Å²) in [6, 6.07) is 7.61. The van der Waals surface area contributed by atoms with Crippen molar-refractivity contribution < 1.29 is 23.8 Å². The third-order valence-corrected chi connectivity index (χ3v) is 6.21. The van der Waals surface area contributed by atoms with E-state index < -0.39 is 0 Å². The van der Waals surface area contributed by atoms with Crippen LogP contribution in [0.1, 0.15) is 18.2 Å². The quantitative estimate of drug-likeness (QED) is 0.429. The topological polar surface area (TPSA) is 79.1 Å². The van der Waals surface area contributed by atoms with Crippen LogP contribution in [0.15, 0.2) is 40.7 Å². The number of aryl methyl sites for hydroxylation is 1. The Bertz CT molecular complexity index is 1160. The van der Waals surface area contributed by atoms with Gasteiger partial charge < -0.3 is 18.8 Å². The lowest BCUT2D eigenvalue weighted by Crippen LogP contribution is -2.19. The van der Waals surface area contributed by atoms with Crippen molar-refractivity contribution in [2.24, 2.45) is 4.99 Å². The number of rotatable bonds is 6. The van der Waals surface area contributed by atoms with Crippen LogP contribution in [0.4, 0.5) is 0 Å². The summed E-state index contributed by atoms with van der Waals surface area (Å²) >= 11 is 2.92. The Labute approximate surface area is 180 Å². The highest BCUT2D eigenvalue weighted by atomic mass is 32.1. The minimum absolute atomic E-state index is 0.181. The summed E-state index contributed by atoms with van der Waals surface area (Å²) in [5.74, 6) is 0.656. The SMILES string of the molecule is CCOC(=O)CCn1c(=NC(=O)/C=C/c2cccs2)sc2cc3c(cc21)OCCO3. The lowest BCUT2D eigenvalue weighted by Gasteiger charge is -2.18. The molecule has 1 aliphatic rings. The van der Waals surface area contributed by atoms with Gasteiger partial charge in [-0.1, -0.05) is 17.4 Å². The molecule has 1 aromatic carbocycles. The van der Waals surface area contributed by atoms with Crippen LogP contribution in [0.3, 0.4) is 0 Å². The van der Waals surface area contributed by atoms with Gasteiger partial charge in [-0.2, -0.15) is 4.99 Å². The van der Waals surface area contributed by atoms with Crippen LogP contribution in [0.25, 0.3) is 16.3 Å². The van der Waals surface area contributed by atoms with Gasteiger partial charge in [0.25, 0.3) is 5.91 Å². The number of esters is 1. The van der Waals surface area contributed by atoms with Crippen LogP contribution >= 0.6 is 22.7 Å². The maximum Gasteiger partial charge on any atom is 0.307 e. The number of hydrogen-bond acceptors (Lipinski definition) is 7. The third-order valence-electron chi connectivity index (χ3n) is 4.33. The predicted octanol–water partition coefficient (Wildman–Crippen LogP) is 3.63. The van der Waals surface area contributed by atoms with Crippen molar-refractivity contribution in [3.05, 3.63) is 45.4 Å². The number of aromatic nitrogens is 1. The van der Waals surface area contributed by atoms with Crippen molar-refractivity contribution in [1.82, 2.24) is 4.57 Å². The van der Waals surface area contributed by atoms with Crippen molar-refractivity contribution in [1.29, 1.82) is 0 Å². The number of carbonyl (C=O) groups excluding carboxylic acids is 2. The van der Waals surface area contributed by atoms with Crippen LogP contribution < -0.4 is 14.3 Å². The molecule has 9 heteroatoms. The zero-order valence-electron chi connectivity index (χ0n) is 16.3. The van der Waals surface area contributed by atoms with E-state index in [1.807, 2.05) is 34.2 Å². The number of thiazole rings is 1. The van der Waals surface area contributed by atoms with Gasteiger partial charge in [-0.3, -0.25) is 9.59 Å². The first kappa shape index (κ1) is 20.4. The zero-order chi connectivity index (χ0) is 20.9. The van der Waals surface area contributed by atoms with Gasteiger partial charge in [-0.15, -0.1) is 11.3 Å². The maximum absolute atomic E-state index is 12.4. The molecule has 2 aromatic heterocycles. The monoisotopic (exact) mass is 444 g/mol. The highest BCUT2D eigenvalue weighted by Gasteiger charge is 2.17. The van der Waals surface area contributed by atoms with Gasteiger partial charge in [0, 0.05) is 29.6 Å². The van der Waals surface area contributed by atoms with Gasteiger partial charge in [-0.25, -0.2) is 0 Å². The molecule has 0 aliphatic carbocycles. The van der Waals surface area contributed by atoms with Crippen LogP contribution in [0, 0.1) is 0 Å². The van der Waals surface area contributed by atoms with Gasteiger partial charge in [-0.05, 0) is 24.4 Å². The second kappa shape index (κ2) is 9.27. The number of thiophene rings is 1. The van der Waals surface area contributed by atoms with E-state index in [2.05, 4.69) is 4.99 Å². The molecule has 0 unspecified atom stereocenters. The molecule has 3 aromatic rings. The first-order valence-electron chi connectivity index (χ1n) is 9.53. The molecule has 3 heterocycles. The first-order chi connectivity index (χ1) is 14.6. The van der Waals surface area contributed by atoms with Crippen molar-refractivity contribution in [3.63, 3.8) is 0 Å². The summed E-state index contributed by atoms with van der Waals surface area (Å²) in [7, 11) is 0. The van der Waals surface area contributed by atoms with E-state index in [0.717, 1.165) is 15.1 Å². The molecule has 0 radical (unpaired) electrons. The number of ether oxygens (including phenoxy) is 3. The summed E-state index contributed by atoms with van der Waals surface area (Å²) in [6.07, 6.45) is 3.37. The Kier molecular flexibility index (Phi) is 6.29. The van der Waals surface area contributed by atoms with Crippen molar-refractivity contribution in [2.45, 2.75) is 19.9 Å². The molecule has 0 fully saturated rings. The number of fused-ring (bicyclic) bond motifs is 2. The van der Waals surface area contributed by atoms with Crippen molar-refractivity contribution >= 4 is 50.8 Å². The van der Waals surface area contributed by atoms with Crippen LogP contribution in [-0.4, -0.2) is 36.3 Å². The number of hydrogen-bond donors (Lipinski definition) is 0. The molecule has 156 valence electrons. The minimum atomic E-state index is -0.364. The summed E-state index contributed by atoms with van der Waals surface area (Å²) in [4.78, 5) is 30.1. The summed E-state index contributed by atoms with van der Waals surface area (Å²) in [5.41, 5.74) is 0.835. The number of carbonyl (C=O) groups is 2. The van der Waals surface area contributed by atoms with Crippen LogP contribution in [0.5, 0.6) is 11.5 Å². The Morgan fingerprint density at radius 3 is 2.80 bits per heavy atom. The van der Waals surface area contributed by atoms with Gasteiger partial charge in [0.15, 0.2) is 16.3 Å². The fourth-order valence-electron chi connectivity index (χ4n) is 3.02. The minimum Gasteiger partial charge on any atom is -0.486 e. The van der Waals surface area contributed by atoms with Crippen LogP contribution in [-0.2, 0) is 20.9 Å². The van der Waals surface area contributed by atoms with Gasteiger partial charge in [0.05, 0.1) is 23.2 Å². The summed E-state index contributed by atoms with van der Waals surface area (Å²) in [6.45, 7) is 3.42. The fourth-order valence-corrected chi connectivity index (χ4v) is 4.70. The lowest BCUT2D eigenvalue weighted by atomic mass is 10.2. The number of nitrogens with zero attached hydrogens (tertiary/aromatic N) is 2. The van der Waals surface area contributed by atoms with E-state index in [9.17, 15) is 9.59 Å². The predicted molar refractivity (Wildman–Crippen MR) is 116 cm³/mol. The average molecular weight is 445 g/mol. The second-order valence-electron chi connectivity index (χ2n) is 6.35. The Balaban J connectivity index is 1.71. The molecule has 0 atom stereocenters. The molecule has 30 heavy (non-hydrogen) atoms. The molecule has 0 saturated carbocycles. The highest BCUT2D eigenvalue weighted by molar-refractivity contribution is 7.16. The van der Waals surface area contributed by atoms with Crippen molar-refractivity contribution in [3.8, 4) is 11.5 Å². The second-order valence-corrected chi connectivity index (χ2v) is 8.34. The van der Waals surface area contributed by atoms with Crippen LogP contribution in [0.2, 0.25) is 0 Å². The molecular formula is C21H20N2O5S2. The Morgan fingerprint density at radius 1 is 1.27 bits per heavy atom. The largest absolute Gasteiger partial charge is 0.486 e. The van der Waals surface area contributed by atoms with E-state index >= 15 is 0 Å². The number of amides is 1. The fraction of sp³-hybridized carbons (Fsp3) is 0.286. The Hall–Kier alpha value is -2.91. The van der Waals surface area contributed by atoms with E-state index in [-0.39, 0.29) is 18.3 Å². The molecule has 0 bridgehead atoms. The summed E-state index contributed by atoms with van der Waals surface area (Å²) in [5, 5.41) is 1.95. The standard InChI is InChI=1S/C21H20N2O5S2/c1-2-26-20(25)7-8-23-15-12-16-17(28-10-9-27-16)13-18(15)30-21(23)22-19(24)6-5-14-4-3-11-29-14/h3-6,11-13H,2,7-10H2,1H3/b6-5+,22-21?. The molecule has 1 amide bonds. The molecule has 0 saturated heterocycles. The molecule has 1 aliphatic heterocycles. The van der Waals surface area contributed by atoms with Crippen molar-refractivity contribution in [2.75, 3.05) is 19.8 Å². The van der Waals surface area contributed by atoms with E-state index in [1.54, 1.807) is 24.3 Å². The van der Waals surface area contributed by atoms with E-state index in [0.29, 0.717) is 42.7 Å². The average Bonchev–Trinajstić information content (AvgIpc) is 3.37. The maximum atomic E-state index is 12.4. The first-order valence-corrected chi connectivity index (χ1v) is 11.2. The lowest BCUT2D eigenvalue weighted by molar-refractivity contribution is -0.143. The highest BCUT2D eigenvalue weighted by Crippen LogP contribution is 2.35. The number of benzene rings is 1. The van der Waals surface area contributed by atoms with Gasteiger partial charge in [0.2, 0.25) is 0 Å². The Morgan fingerprint density at radius 2 is 2.07 bits per heavy atom. The smallest absolute Gasteiger partial charge is 0.307 e. The third kappa shape index (κ3) is 4.63. The molecule has 0 N–H and O–H groups in total. The van der Waals surface area contributed by atoms with Gasteiger partial charge >= 0.3 is 5.97 Å². The van der Waals surface area contributed by atoms with Gasteiger partial charge in [0.1, 0.15) is 13.2 Å². The molecular weight excluding hydrogens is 424 g/mol. The van der Waals surface area contributed by atoms with E-state index in [4.69, 9.17) is 14.2 Å².